The molecule has 2 amide bonds. The normalized spacial score (nSPS) is 15.8. The van der Waals surface area contributed by atoms with Crippen molar-refractivity contribution in [3.63, 3.8) is 0 Å². The Morgan fingerprint density at radius 3 is 2.68 bits per heavy atom. The molecule has 1 fully saturated rings. The third-order valence-corrected chi connectivity index (χ3v) is 6.76. The predicted octanol–water partition coefficient (Wildman–Crippen LogP) is 4.05. The molecule has 6 nitrogen and oxygen atoms in total. The molecular formula is C24H25N3O3S. The van der Waals surface area contributed by atoms with Crippen molar-refractivity contribution in [1.29, 1.82) is 0 Å². The first-order valence-electron chi connectivity index (χ1n) is 10.3. The highest BCUT2D eigenvalue weighted by molar-refractivity contribution is 7.13. The Bertz CT molecular complexity index is 1110. The highest BCUT2D eigenvalue weighted by Crippen LogP contribution is 2.28. The Labute approximate surface area is 185 Å². The first-order chi connectivity index (χ1) is 15.0. The maximum atomic E-state index is 13.0. The molecule has 4 rings (SSSR count). The minimum Gasteiger partial charge on any atom is -0.508 e. The van der Waals surface area contributed by atoms with Gasteiger partial charge in [-0.25, -0.2) is 4.98 Å². The molecule has 0 bridgehead atoms. The van der Waals surface area contributed by atoms with E-state index >= 15 is 0 Å². The van der Waals surface area contributed by atoms with E-state index in [4.69, 9.17) is 0 Å². The monoisotopic (exact) mass is 435 g/mol. The minimum absolute atomic E-state index is 0.0861. The van der Waals surface area contributed by atoms with Gasteiger partial charge < -0.3 is 15.3 Å². The summed E-state index contributed by atoms with van der Waals surface area (Å²) < 4.78 is 0. The number of aryl methyl sites for hydroxylation is 1. The molecule has 0 radical (unpaired) electrons. The van der Waals surface area contributed by atoms with Crippen molar-refractivity contribution in [3.8, 4) is 16.2 Å². The molecule has 1 atom stereocenters. The van der Waals surface area contributed by atoms with E-state index < -0.39 is 6.04 Å². The molecule has 2 N–H and O–H groups in total. The average molecular weight is 436 g/mol. The Morgan fingerprint density at radius 1 is 1.19 bits per heavy atom. The number of thiazole rings is 1. The molecule has 1 saturated heterocycles. The quantitative estimate of drug-likeness (QED) is 0.633. The molecule has 2 heterocycles. The SMILES string of the molecule is Cc1ncsc1-c1ccc(CNC(=O)[C@@H]2CCCN2C(=O)c2cccc(O)c2C)cc1. The lowest BCUT2D eigenvalue weighted by Gasteiger charge is -2.25. The zero-order valence-electron chi connectivity index (χ0n) is 17.6. The Morgan fingerprint density at radius 2 is 1.97 bits per heavy atom. The van der Waals surface area contributed by atoms with E-state index in [9.17, 15) is 14.7 Å². The van der Waals surface area contributed by atoms with Gasteiger partial charge >= 0.3 is 0 Å². The first kappa shape index (κ1) is 21.1. The predicted molar refractivity (Wildman–Crippen MR) is 121 cm³/mol. The summed E-state index contributed by atoms with van der Waals surface area (Å²) in [6.45, 7) is 4.65. The van der Waals surface area contributed by atoms with Gasteiger partial charge in [0, 0.05) is 24.2 Å². The molecule has 7 heteroatoms. The van der Waals surface area contributed by atoms with E-state index in [0.717, 1.165) is 28.1 Å². The third-order valence-electron chi connectivity index (χ3n) is 5.78. The lowest BCUT2D eigenvalue weighted by molar-refractivity contribution is -0.125. The number of phenols is 1. The topological polar surface area (TPSA) is 82.5 Å². The van der Waals surface area contributed by atoms with Crippen LogP contribution in [0.2, 0.25) is 0 Å². The largest absolute Gasteiger partial charge is 0.508 e. The number of nitrogens with one attached hydrogen (secondary N) is 1. The third kappa shape index (κ3) is 4.32. The number of hydrogen-bond acceptors (Lipinski definition) is 5. The Balaban J connectivity index is 1.40. The molecular weight excluding hydrogens is 410 g/mol. The maximum absolute atomic E-state index is 13.0. The fourth-order valence-electron chi connectivity index (χ4n) is 3.95. The number of nitrogens with zero attached hydrogens (tertiary/aromatic N) is 2. The second-order valence-electron chi connectivity index (χ2n) is 7.79. The van der Waals surface area contributed by atoms with Crippen LogP contribution in [0.1, 0.15) is 40.0 Å². The number of hydrogen-bond donors (Lipinski definition) is 2. The van der Waals surface area contributed by atoms with Gasteiger partial charge in [-0.1, -0.05) is 30.3 Å². The van der Waals surface area contributed by atoms with Crippen molar-refractivity contribution < 1.29 is 14.7 Å². The van der Waals surface area contributed by atoms with Gasteiger partial charge in [-0.15, -0.1) is 11.3 Å². The van der Waals surface area contributed by atoms with Gasteiger partial charge in [0.15, 0.2) is 0 Å². The molecule has 0 spiro atoms. The first-order valence-corrected chi connectivity index (χ1v) is 11.2. The summed E-state index contributed by atoms with van der Waals surface area (Å²) in [6.07, 6.45) is 1.42. The van der Waals surface area contributed by atoms with Gasteiger partial charge in [0.2, 0.25) is 5.91 Å². The average Bonchev–Trinajstić information content (AvgIpc) is 3.43. The second-order valence-corrected chi connectivity index (χ2v) is 8.64. The Hall–Kier alpha value is -3.19. The number of amides is 2. The summed E-state index contributed by atoms with van der Waals surface area (Å²) in [6, 6.07) is 12.5. The van der Waals surface area contributed by atoms with Gasteiger partial charge in [0.05, 0.1) is 16.1 Å². The van der Waals surface area contributed by atoms with Crippen LogP contribution in [-0.2, 0) is 11.3 Å². The van der Waals surface area contributed by atoms with Crippen LogP contribution in [0.15, 0.2) is 48.0 Å². The fourth-order valence-corrected chi connectivity index (χ4v) is 4.76. The van der Waals surface area contributed by atoms with Gasteiger partial charge in [-0.05, 0) is 49.9 Å². The van der Waals surface area contributed by atoms with Crippen molar-refractivity contribution in [2.75, 3.05) is 6.54 Å². The number of aromatic hydroxyl groups is 1. The van der Waals surface area contributed by atoms with E-state index in [2.05, 4.69) is 10.3 Å². The van der Waals surface area contributed by atoms with E-state index in [0.29, 0.717) is 30.6 Å². The molecule has 0 aliphatic carbocycles. The van der Waals surface area contributed by atoms with Crippen molar-refractivity contribution in [2.45, 2.75) is 39.3 Å². The maximum Gasteiger partial charge on any atom is 0.254 e. The molecule has 2 aromatic carbocycles. The van der Waals surface area contributed by atoms with Crippen molar-refractivity contribution in [3.05, 3.63) is 70.4 Å². The van der Waals surface area contributed by atoms with Crippen molar-refractivity contribution in [1.82, 2.24) is 15.2 Å². The van der Waals surface area contributed by atoms with Gasteiger partial charge in [0.25, 0.3) is 5.91 Å². The molecule has 31 heavy (non-hydrogen) atoms. The lowest BCUT2D eigenvalue weighted by atomic mass is 10.1. The molecule has 1 aromatic heterocycles. The zero-order valence-corrected chi connectivity index (χ0v) is 18.4. The summed E-state index contributed by atoms with van der Waals surface area (Å²) in [4.78, 5) is 32.9. The van der Waals surface area contributed by atoms with Crippen LogP contribution >= 0.6 is 11.3 Å². The van der Waals surface area contributed by atoms with Gasteiger partial charge in [-0.3, -0.25) is 9.59 Å². The number of benzene rings is 2. The van der Waals surface area contributed by atoms with Crippen LogP contribution in [0, 0.1) is 13.8 Å². The van der Waals surface area contributed by atoms with Gasteiger partial charge in [-0.2, -0.15) is 0 Å². The second kappa shape index (κ2) is 8.89. The smallest absolute Gasteiger partial charge is 0.254 e. The van der Waals surface area contributed by atoms with Crippen molar-refractivity contribution >= 4 is 23.2 Å². The van der Waals surface area contributed by atoms with Crippen LogP contribution in [0.4, 0.5) is 0 Å². The van der Waals surface area contributed by atoms with E-state index in [1.807, 2.05) is 36.7 Å². The minimum atomic E-state index is -0.492. The summed E-state index contributed by atoms with van der Waals surface area (Å²) >= 11 is 1.61. The highest BCUT2D eigenvalue weighted by atomic mass is 32.1. The van der Waals surface area contributed by atoms with Gasteiger partial charge in [0.1, 0.15) is 11.8 Å². The molecule has 3 aromatic rings. The highest BCUT2D eigenvalue weighted by Gasteiger charge is 2.35. The summed E-state index contributed by atoms with van der Waals surface area (Å²) in [5.41, 5.74) is 5.94. The summed E-state index contributed by atoms with van der Waals surface area (Å²) in [5.74, 6) is -0.274. The zero-order chi connectivity index (χ0) is 22.0. The van der Waals surface area contributed by atoms with E-state index in [-0.39, 0.29) is 17.6 Å². The number of rotatable bonds is 5. The summed E-state index contributed by atoms with van der Waals surface area (Å²) in [5, 5.41) is 12.9. The fraction of sp³-hybridized carbons (Fsp3) is 0.292. The van der Waals surface area contributed by atoms with E-state index in [1.165, 1.54) is 0 Å². The molecule has 0 unspecified atom stereocenters. The standard InChI is InChI=1S/C24H25N3O3S/c1-15-19(5-3-7-21(15)28)24(30)27-12-4-6-20(27)23(29)25-13-17-8-10-18(11-9-17)22-16(2)26-14-31-22/h3,5,7-11,14,20,28H,4,6,12-13H2,1-2H3,(H,25,29)/t20-/m0/s1. The Kier molecular flexibility index (Phi) is 6.04. The molecule has 160 valence electrons. The molecule has 1 aliphatic heterocycles. The van der Waals surface area contributed by atoms with Crippen LogP contribution in [0.5, 0.6) is 5.75 Å². The number of carbonyl (C=O) groups excluding carboxylic acids is 2. The molecule has 1 aliphatic rings. The summed E-state index contributed by atoms with van der Waals surface area (Å²) in [7, 11) is 0. The van der Waals surface area contributed by atoms with Crippen LogP contribution in [0.3, 0.4) is 0 Å². The van der Waals surface area contributed by atoms with E-state index in [1.54, 1.807) is 41.4 Å². The number of likely N-dealkylation sites (tertiary alicyclic amines) is 1. The number of aromatic nitrogens is 1. The number of carbonyl (C=O) groups is 2. The number of phenolic OH excluding ortho intramolecular Hbond substituents is 1. The van der Waals surface area contributed by atoms with Crippen LogP contribution in [-0.4, -0.2) is 39.4 Å². The lowest BCUT2D eigenvalue weighted by Crippen LogP contribution is -2.45. The van der Waals surface area contributed by atoms with Crippen LogP contribution < -0.4 is 5.32 Å². The molecule has 0 saturated carbocycles. The van der Waals surface area contributed by atoms with Crippen molar-refractivity contribution in [2.24, 2.45) is 0 Å². The van der Waals surface area contributed by atoms with Crippen LogP contribution in [0.25, 0.3) is 10.4 Å².